The van der Waals surface area contributed by atoms with Crippen LogP contribution in [0.1, 0.15) is 80.9 Å². The van der Waals surface area contributed by atoms with E-state index in [1.165, 1.54) is 48.9 Å². The molecule has 4 rings (SSSR count). The summed E-state index contributed by atoms with van der Waals surface area (Å²) in [7, 11) is 0. The molecule has 0 heterocycles. The normalized spacial score (nSPS) is 23.2. The number of alkyl halides is 1. The fourth-order valence-electron chi connectivity index (χ4n) is 5.78. The monoisotopic (exact) mass is 468 g/mol. The van der Waals surface area contributed by atoms with Gasteiger partial charge in [-0.25, -0.2) is 13.2 Å². The first kappa shape index (κ1) is 24.6. The van der Waals surface area contributed by atoms with Crippen molar-refractivity contribution in [2.75, 3.05) is 6.86 Å². The van der Waals surface area contributed by atoms with Crippen molar-refractivity contribution in [1.29, 1.82) is 0 Å². The number of rotatable bonds is 8. The van der Waals surface area contributed by atoms with Crippen LogP contribution in [0, 0.1) is 23.5 Å². The molecule has 0 spiro atoms. The third-order valence-electron chi connectivity index (χ3n) is 7.74. The zero-order chi connectivity index (χ0) is 23.9. The Morgan fingerprint density at radius 1 is 0.941 bits per heavy atom. The second-order valence-corrected chi connectivity index (χ2v) is 9.75. The lowest BCUT2D eigenvalue weighted by molar-refractivity contribution is 0.176. The summed E-state index contributed by atoms with van der Waals surface area (Å²) in [6.07, 6.45) is 16.5. The lowest BCUT2D eigenvalue weighted by Crippen LogP contribution is -2.22. The molecular formula is C30H35F3O. The number of allylic oxidation sites excluding steroid dienone is 4. The molecule has 2 aliphatic rings. The van der Waals surface area contributed by atoms with Crippen LogP contribution in [0.2, 0.25) is 0 Å². The molecule has 0 radical (unpaired) electrons. The highest BCUT2D eigenvalue weighted by atomic mass is 19.1. The van der Waals surface area contributed by atoms with Crippen molar-refractivity contribution >= 4 is 5.57 Å². The number of ether oxygens (including phenoxy) is 1. The molecule has 1 unspecified atom stereocenters. The molecule has 0 aliphatic heterocycles. The van der Waals surface area contributed by atoms with Gasteiger partial charge in [0.05, 0.1) is 0 Å². The van der Waals surface area contributed by atoms with Crippen molar-refractivity contribution in [3.63, 3.8) is 0 Å². The van der Waals surface area contributed by atoms with E-state index in [0.29, 0.717) is 17.4 Å². The Morgan fingerprint density at radius 2 is 1.65 bits per heavy atom. The van der Waals surface area contributed by atoms with Crippen LogP contribution in [0.15, 0.2) is 54.6 Å². The van der Waals surface area contributed by atoms with Crippen LogP contribution in [0.4, 0.5) is 13.2 Å². The van der Waals surface area contributed by atoms with Gasteiger partial charge in [-0.15, -0.1) is 0 Å². The quantitative estimate of drug-likeness (QED) is 0.351. The van der Waals surface area contributed by atoms with Crippen LogP contribution in [-0.4, -0.2) is 6.86 Å². The number of halogens is 3. The van der Waals surface area contributed by atoms with E-state index in [-0.39, 0.29) is 0 Å². The molecule has 0 N–H and O–H groups in total. The number of hydrogen-bond acceptors (Lipinski definition) is 1. The third kappa shape index (κ3) is 5.95. The predicted octanol–water partition coefficient (Wildman–Crippen LogP) is 8.94. The second kappa shape index (κ2) is 11.8. The SMILES string of the molecule is C/C=C/CCc1ccc(C2CCC(C3CC=C(c4cc(F)c(OCF)c(F)c4)CC3)CC2)cc1. The largest absolute Gasteiger partial charge is 0.457 e. The number of benzene rings is 2. The molecule has 1 saturated carbocycles. The fraction of sp³-hybridized carbons (Fsp3) is 0.467. The highest BCUT2D eigenvalue weighted by Crippen LogP contribution is 2.44. The topological polar surface area (TPSA) is 9.23 Å². The minimum Gasteiger partial charge on any atom is -0.457 e. The summed E-state index contributed by atoms with van der Waals surface area (Å²) in [6, 6.07) is 11.8. The zero-order valence-electron chi connectivity index (χ0n) is 20.0. The summed E-state index contributed by atoms with van der Waals surface area (Å²) < 4.78 is 45.0. The molecule has 2 aromatic carbocycles. The molecule has 1 nitrogen and oxygen atoms in total. The van der Waals surface area contributed by atoms with Crippen molar-refractivity contribution in [2.24, 2.45) is 11.8 Å². The summed E-state index contributed by atoms with van der Waals surface area (Å²) in [5, 5.41) is 0. The molecule has 0 amide bonds. The zero-order valence-corrected chi connectivity index (χ0v) is 20.0. The van der Waals surface area contributed by atoms with Crippen molar-refractivity contribution < 1.29 is 17.9 Å². The predicted molar refractivity (Wildman–Crippen MR) is 133 cm³/mol. The standard InChI is InChI=1S/C30H35F3O/c1-2-3-4-5-21-6-8-22(9-7-21)23-10-12-24(13-11-23)25-14-16-26(17-15-25)27-18-28(32)30(34-20-31)29(33)19-27/h2-3,6-9,16,18-19,23-25H,4-5,10-15,17,20H2,1H3/b3-2+. The van der Waals surface area contributed by atoms with E-state index in [1.807, 2.05) is 0 Å². The van der Waals surface area contributed by atoms with E-state index in [1.54, 1.807) is 0 Å². The summed E-state index contributed by atoms with van der Waals surface area (Å²) in [6.45, 7) is 0.817. The minimum absolute atomic E-state index is 0.539. The third-order valence-corrected chi connectivity index (χ3v) is 7.74. The Kier molecular flexibility index (Phi) is 8.53. The molecule has 182 valence electrons. The van der Waals surface area contributed by atoms with Gasteiger partial charge in [0.1, 0.15) is 0 Å². The van der Waals surface area contributed by atoms with Crippen LogP contribution in [0.25, 0.3) is 5.57 Å². The van der Waals surface area contributed by atoms with Gasteiger partial charge >= 0.3 is 0 Å². The van der Waals surface area contributed by atoms with E-state index in [4.69, 9.17) is 0 Å². The highest BCUT2D eigenvalue weighted by molar-refractivity contribution is 5.67. The van der Waals surface area contributed by atoms with Crippen LogP contribution < -0.4 is 4.74 Å². The van der Waals surface area contributed by atoms with Gasteiger partial charge in [-0.05, 0) is 117 Å². The Balaban J connectivity index is 1.30. The molecule has 4 heteroatoms. The lowest BCUT2D eigenvalue weighted by Gasteiger charge is -2.35. The number of aryl methyl sites for hydroxylation is 1. The van der Waals surface area contributed by atoms with Crippen LogP contribution in [0.3, 0.4) is 0 Å². The van der Waals surface area contributed by atoms with E-state index in [0.717, 1.165) is 43.6 Å². The van der Waals surface area contributed by atoms with Gasteiger partial charge in [-0.3, -0.25) is 0 Å². The highest BCUT2D eigenvalue weighted by Gasteiger charge is 2.29. The summed E-state index contributed by atoms with van der Waals surface area (Å²) in [5.41, 5.74) is 4.40. The van der Waals surface area contributed by atoms with Crippen LogP contribution in [0.5, 0.6) is 5.75 Å². The van der Waals surface area contributed by atoms with E-state index < -0.39 is 24.2 Å². The van der Waals surface area contributed by atoms with Gasteiger partial charge in [0.25, 0.3) is 0 Å². The molecule has 1 atom stereocenters. The summed E-state index contributed by atoms with van der Waals surface area (Å²) in [4.78, 5) is 0. The van der Waals surface area contributed by atoms with Crippen LogP contribution >= 0.6 is 0 Å². The Labute approximate surface area is 201 Å². The molecular weight excluding hydrogens is 433 g/mol. The molecule has 1 fully saturated rings. The van der Waals surface area contributed by atoms with E-state index >= 15 is 0 Å². The first-order chi connectivity index (χ1) is 16.6. The van der Waals surface area contributed by atoms with Crippen molar-refractivity contribution in [2.45, 2.75) is 70.6 Å². The molecule has 34 heavy (non-hydrogen) atoms. The minimum atomic E-state index is -1.25. The maximum Gasteiger partial charge on any atom is 0.228 e. The summed E-state index contributed by atoms with van der Waals surface area (Å²) in [5.74, 6) is -0.308. The summed E-state index contributed by atoms with van der Waals surface area (Å²) >= 11 is 0. The molecule has 0 saturated heterocycles. The maximum atomic E-state index is 14.1. The first-order valence-electron chi connectivity index (χ1n) is 12.7. The maximum absolute atomic E-state index is 14.1. The second-order valence-electron chi connectivity index (χ2n) is 9.75. The Bertz CT molecular complexity index is 977. The molecule has 2 aliphatic carbocycles. The average molecular weight is 469 g/mol. The van der Waals surface area contributed by atoms with Gasteiger partial charge in [-0.2, -0.15) is 0 Å². The Morgan fingerprint density at radius 3 is 2.24 bits per heavy atom. The average Bonchev–Trinajstić information content (AvgIpc) is 2.87. The van der Waals surface area contributed by atoms with Crippen molar-refractivity contribution in [3.8, 4) is 5.75 Å². The van der Waals surface area contributed by atoms with Gasteiger partial charge in [0.2, 0.25) is 6.86 Å². The molecule has 0 bridgehead atoms. The lowest BCUT2D eigenvalue weighted by atomic mass is 9.70. The van der Waals surface area contributed by atoms with Gasteiger partial charge in [-0.1, -0.05) is 42.5 Å². The number of hydrogen-bond donors (Lipinski definition) is 0. The molecule has 2 aromatic rings. The fourth-order valence-corrected chi connectivity index (χ4v) is 5.78. The Hall–Kier alpha value is -2.49. The van der Waals surface area contributed by atoms with Crippen molar-refractivity contribution in [3.05, 3.63) is 83.0 Å². The van der Waals surface area contributed by atoms with Crippen LogP contribution in [-0.2, 0) is 6.42 Å². The van der Waals surface area contributed by atoms with Crippen molar-refractivity contribution in [1.82, 2.24) is 0 Å². The van der Waals surface area contributed by atoms with Gasteiger partial charge in [0, 0.05) is 0 Å². The van der Waals surface area contributed by atoms with Gasteiger partial charge < -0.3 is 4.74 Å². The first-order valence-corrected chi connectivity index (χ1v) is 12.7. The van der Waals surface area contributed by atoms with E-state index in [9.17, 15) is 13.2 Å². The van der Waals surface area contributed by atoms with Gasteiger partial charge in [0.15, 0.2) is 17.4 Å². The molecule has 0 aromatic heterocycles. The smallest absolute Gasteiger partial charge is 0.228 e. The van der Waals surface area contributed by atoms with E-state index in [2.05, 4.69) is 54.2 Å².